The van der Waals surface area contributed by atoms with Crippen molar-refractivity contribution < 1.29 is 9.53 Å². The van der Waals surface area contributed by atoms with Gasteiger partial charge in [0.25, 0.3) is 0 Å². The first kappa shape index (κ1) is 17.8. The lowest BCUT2D eigenvalue weighted by Crippen LogP contribution is -2.43. The summed E-state index contributed by atoms with van der Waals surface area (Å²) in [6, 6.07) is 6.02. The van der Waals surface area contributed by atoms with E-state index in [1.54, 1.807) is 4.68 Å². The second-order valence-electron chi connectivity index (χ2n) is 6.63. The van der Waals surface area contributed by atoms with Gasteiger partial charge in [-0.15, -0.1) is 12.4 Å². The largest absolute Gasteiger partial charge is 0.490 e. The molecule has 25 heavy (non-hydrogen) atoms. The average molecular weight is 363 g/mol. The van der Waals surface area contributed by atoms with Crippen molar-refractivity contribution >= 4 is 24.0 Å². The molecule has 1 aromatic carbocycles. The summed E-state index contributed by atoms with van der Waals surface area (Å²) in [5.74, 6) is 1.07. The maximum Gasteiger partial charge on any atom is 0.232 e. The molecule has 6 nitrogen and oxygen atoms in total. The Morgan fingerprint density at radius 2 is 2.20 bits per heavy atom. The van der Waals surface area contributed by atoms with Crippen LogP contribution in [0.5, 0.6) is 5.75 Å². The minimum Gasteiger partial charge on any atom is -0.490 e. The molecule has 0 spiro atoms. The van der Waals surface area contributed by atoms with Crippen LogP contribution < -0.4 is 15.0 Å². The zero-order chi connectivity index (χ0) is 16.7. The molecule has 2 aromatic rings. The number of anilines is 1. The van der Waals surface area contributed by atoms with Gasteiger partial charge in [0.2, 0.25) is 5.91 Å². The maximum atomic E-state index is 13.2. The third kappa shape index (κ3) is 3.24. The molecule has 1 amide bonds. The maximum absolute atomic E-state index is 13.2. The number of aromatic nitrogens is 2. The molecule has 0 saturated carbocycles. The molecule has 2 aliphatic rings. The first-order chi connectivity index (χ1) is 11.6. The number of halogens is 1. The van der Waals surface area contributed by atoms with Gasteiger partial charge in [-0.05, 0) is 30.2 Å². The molecule has 1 N–H and O–H groups in total. The average Bonchev–Trinajstić information content (AvgIpc) is 3.21. The van der Waals surface area contributed by atoms with Gasteiger partial charge in [0.05, 0.1) is 24.3 Å². The van der Waals surface area contributed by atoms with Gasteiger partial charge < -0.3 is 15.0 Å². The number of hydrogen-bond donors (Lipinski definition) is 1. The Hall–Kier alpha value is -2.05. The minimum atomic E-state index is -0.0681. The summed E-state index contributed by atoms with van der Waals surface area (Å²) in [7, 11) is 1.91. The molecule has 1 saturated heterocycles. The predicted octanol–water partition coefficient (Wildman–Crippen LogP) is 1.88. The van der Waals surface area contributed by atoms with E-state index in [4.69, 9.17) is 4.74 Å². The number of carbonyl (C=O) groups excluding carboxylic acids is 1. The molecule has 4 rings (SSSR count). The van der Waals surface area contributed by atoms with Crippen molar-refractivity contribution in [1.82, 2.24) is 15.1 Å². The number of ether oxygens (including phenoxy) is 1. The van der Waals surface area contributed by atoms with Gasteiger partial charge in [-0.3, -0.25) is 9.48 Å². The Bertz CT molecular complexity index is 776. The van der Waals surface area contributed by atoms with E-state index in [9.17, 15) is 4.79 Å². The van der Waals surface area contributed by atoms with E-state index in [1.165, 1.54) is 0 Å². The summed E-state index contributed by atoms with van der Waals surface area (Å²) in [4.78, 5) is 15.1. The van der Waals surface area contributed by atoms with Gasteiger partial charge in [-0.2, -0.15) is 5.10 Å². The molecular formula is C18H23ClN4O2. The van der Waals surface area contributed by atoms with Crippen LogP contribution >= 0.6 is 12.4 Å². The van der Waals surface area contributed by atoms with Crippen LogP contribution in [0.2, 0.25) is 0 Å². The Balaban J connectivity index is 0.00000182. The number of fused-ring (bicyclic) bond motifs is 1. The lowest BCUT2D eigenvalue weighted by molar-refractivity contribution is -0.122. The van der Waals surface area contributed by atoms with Crippen LogP contribution in [-0.2, 0) is 11.8 Å². The Labute approximate surface area is 153 Å². The van der Waals surface area contributed by atoms with Gasteiger partial charge in [0.1, 0.15) is 12.4 Å². The summed E-state index contributed by atoms with van der Waals surface area (Å²) in [6.45, 7) is 4.69. The van der Waals surface area contributed by atoms with Crippen molar-refractivity contribution in [3.63, 3.8) is 0 Å². The SMILES string of the molecule is Cc1ccc2c(c1)OCCN2C(=O)[C@H]1CNC[C@@H]1c1cnn(C)c1.Cl. The lowest BCUT2D eigenvalue weighted by Gasteiger charge is -2.32. The highest BCUT2D eigenvalue weighted by molar-refractivity contribution is 5.97. The summed E-state index contributed by atoms with van der Waals surface area (Å²) >= 11 is 0. The number of amides is 1. The molecule has 3 heterocycles. The first-order valence-corrected chi connectivity index (χ1v) is 8.37. The van der Waals surface area contributed by atoms with Crippen molar-refractivity contribution in [3.05, 3.63) is 41.7 Å². The minimum absolute atomic E-state index is 0. The lowest BCUT2D eigenvalue weighted by atomic mass is 9.89. The van der Waals surface area contributed by atoms with Gasteiger partial charge in [0.15, 0.2) is 0 Å². The van der Waals surface area contributed by atoms with Gasteiger partial charge in [-0.25, -0.2) is 0 Å². The molecule has 2 atom stereocenters. The van der Waals surface area contributed by atoms with Crippen molar-refractivity contribution in [1.29, 1.82) is 0 Å². The molecule has 1 aromatic heterocycles. The molecule has 1 fully saturated rings. The number of aryl methyl sites for hydroxylation is 2. The Kier molecular flexibility index (Phi) is 5.01. The standard InChI is InChI=1S/C18H22N4O2.ClH/c1-12-3-4-16-17(7-12)24-6-5-22(16)18(23)15-10-19-9-14(15)13-8-20-21(2)11-13;/h3-4,7-8,11,14-15,19H,5-6,9-10H2,1-2H3;1H/t14-,15+;/m1./s1. The quantitative estimate of drug-likeness (QED) is 0.886. The van der Waals surface area contributed by atoms with Crippen LogP contribution in [0.4, 0.5) is 5.69 Å². The van der Waals surface area contributed by atoms with E-state index < -0.39 is 0 Å². The summed E-state index contributed by atoms with van der Waals surface area (Å²) < 4.78 is 7.53. The highest BCUT2D eigenvalue weighted by Gasteiger charge is 2.38. The predicted molar refractivity (Wildman–Crippen MR) is 98.6 cm³/mol. The van der Waals surface area contributed by atoms with E-state index in [1.807, 2.05) is 49.5 Å². The van der Waals surface area contributed by atoms with Crippen LogP contribution in [0, 0.1) is 12.8 Å². The molecule has 134 valence electrons. The van der Waals surface area contributed by atoms with E-state index >= 15 is 0 Å². The van der Waals surface area contributed by atoms with E-state index in [0.29, 0.717) is 19.7 Å². The zero-order valence-corrected chi connectivity index (χ0v) is 15.3. The molecule has 7 heteroatoms. The fourth-order valence-corrected chi connectivity index (χ4v) is 3.68. The highest BCUT2D eigenvalue weighted by Crippen LogP contribution is 2.36. The number of nitrogens with one attached hydrogen (secondary N) is 1. The van der Waals surface area contributed by atoms with Gasteiger partial charge >= 0.3 is 0 Å². The Morgan fingerprint density at radius 1 is 1.36 bits per heavy atom. The van der Waals surface area contributed by atoms with Crippen LogP contribution in [-0.4, -0.2) is 41.9 Å². The number of rotatable bonds is 2. The number of hydrogen-bond acceptors (Lipinski definition) is 4. The second kappa shape index (κ2) is 7.06. The van der Waals surface area contributed by atoms with E-state index in [2.05, 4.69) is 10.4 Å². The normalized spacial score (nSPS) is 22.1. The van der Waals surface area contributed by atoms with Crippen LogP contribution in [0.25, 0.3) is 0 Å². The topological polar surface area (TPSA) is 59.4 Å². The molecule has 0 radical (unpaired) electrons. The molecule has 0 bridgehead atoms. The van der Waals surface area contributed by atoms with Gasteiger partial charge in [0, 0.05) is 32.3 Å². The summed E-state index contributed by atoms with van der Waals surface area (Å²) in [5.41, 5.74) is 3.14. The number of carbonyl (C=O) groups is 1. The fourth-order valence-electron chi connectivity index (χ4n) is 3.68. The molecule has 0 unspecified atom stereocenters. The smallest absolute Gasteiger partial charge is 0.232 e. The van der Waals surface area contributed by atoms with Crippen molar-refractivity contribution in [2.75, 3.05) is 31.1 Å². The van der Waals surface area contributed by atoms with Crippen LogP contribution in [0.3, 0.4) is 0 Å². The van der Waals surface area contributed by atoms with E-state index in [0.717, 1.165) is 29.1 Å². The third-order valence-corrected chi connectivity index (χ3v) is 4.93. The first-order valence-electron chi connectivity index (χ1n) is 8.37. The third-order valence-electron chi connectivity index (χ3n) is 4.93. The monoisotopic (exact) mass is 362 g/mol. The van der Waals surface area contributed by atoms with E-state index in [-0.39, 0.29) is 30.2 Å². The van der Waals surface area contributed by atoms with Crippen LogP contribution in [0.1, 0.15) is 17.0 Å². The highest BCUT2D eigenvalue weighted by atomic mass is 35.5. The molecular weight excluding hydrogens is 340 g/mol. The van der Waals surface area contributed by atoms with Crippen molar-refractivity contribution in [3.8, 4) is 5.75 Å². The van der Waals surface area contributed by atoms with Crippen LogP contribution in [0.15, 0.2) is 30.6 Å². The second-order valence-corrected chi connectivity index (χ2v) is 6.63. The zero-order valence-electron chi connectivity index (χ0n) is 14.4. The number of benzene rings is 1. The molecule has 2 aliphatic heterocycles. The fraction of sp³-hybridized carbons (Fsp3) is 0.444. The van der Waals surface area contributed by atoms with Crippen molar-refractivity contribution in [2.24, 2.45) is 13.0 Å². The number of nitrogens with zero attached hydrogens (tertiary/aromatic N) is 3. The Morgan fingerprint density at radius 3 is 2.96 bits per heavy atom. The summed E-state index contributed by atoms with van der Waals surface area (Å²) in [6.07, 6.45) is 3.88. The van der Waals surface area contributed by atoms with Crippen molar-refractivity contribution in [2.45, 2.75) is 12.8 Å². The summed E-state index contributed by atoms with van der Waals surface area (Å²) in [5, 5.41) is 7.62. The molecule has 0 aliphatic carbocycles. The van der Waals surface area contributed by atoms with Gasteiger partial charge in [-0.1, -0.05) is 6.07 Å².